The van der Waals surface area contributed by atoms with Gasteiger partial charge in [0, 0.05) is 19.1 Å². The maximum atomic E-state index is 12.4. The number of benzene rings is 1. The number of nitrogens with two attached hydrogens (primary N) is 1. The summed E-state index contributed by atoms with van der Waals surface area (Å²) in [6, 6.07) is 3.17. The Hall–Kier alpha value is -0.670. The van der Waals surface area contributed by atoms with Crippen LogP contribution in [0, 0.1) is 5.92 Å². The monoisotopic (exact) mass is 376 g/mol. The van der Waals surface area contributed by atoms with Crippen molar-refractivity contribution >= 4 is 34.0 Å². The first-order chi connectivity index (χ1) is 9.71. The Bertz CT molecular complexity index is 621. The van der Waals surface area contributed by atoms with Gasteiger partial charge < -0.3 is 10.5 Å². The molecular formula is C12H16Cl2F2N2O3S. The highest BCUT2D eigenvalue weighted by atomic mass is 35.5. The Morgan fingerprint density at radius 1 is 1.41 bits per heavy atom. The molecule has 2 unspecified atom stereocenters. The van der Waals surface area contributed by atoms with Crippen LogP contribution in [0.15, 0.2) is 23.1 Å². The van der Waals surface area contributed by atoms with Crippen LogP contribution in [0.4, 0.5) is 8.78 Å². The molecule has 2 N–H and O–H groups in total. The highest BCUT2D eigenvalue weighted by Crippen LogP contribution is 2.31. The van der Waals surface area contributed by atoms with E-state index in [2.05, 4.69) is 4.74 Å². The Morgan fingerprint density at radius 2 is 2.05 bits per heavy atom. The molecule has 0 spiro atoms. The maximum absolute atomic E-state index is 12.4. The van der Waals surface area contributed by atoms with E-state index in [-0.39, 0.29) is 46.6 Å². The molecule has 0 saturated carbocycles. The fraction of sp³-hybridized carbons (Fsp3) is 0.500. The first kappa shape index (κ1) is 19.4. The van der Waals surface area contributed by atoms with Crippen molar-refractivity contribution in [2.24, 2.45) is 11.7 Å². The van der Waals surface area contributed by atoms with Gasteiger partial charge in [-0.1, -0.05) is 18.5 Å². The maximum Gasteiger partial charge on any atom is 0.387 e. The minimum absolute atomic E-state index is 0. The summed E-state index contributed by atoms with van der Waals surface area (Å²) in [5.41, 5.74) is 5.82. The van der Waals surface area contributed by atoms with Gasteiger partial charge in [-0.05, 0) is 24.1 Å². The van der Waals surface area contributed by atoms with Gasteiger partial charge in [-0.2, -0.15) is 13.1 Å². The summed E-state index contributed by atoms with van der Waals surface area (Å²) < 4.78 is 54.6. The molecule has 1 heterocycles. The van der Waals surface area contributed by atoms with Crippen LogP contribution < -0.4 is 10.5 Å². The van der Waals surface area contributed by atoms with Crippen molar-refractivity contribution in [2.45, 2.75) is 24.5 Å². The van der Waals surface area contributed by atoms with E-state index in [4.69, 9.17) is 17.3 Å². The zero-order valence-electron chi connectivity index (χ0n) is 11.6. The van der Waals surface area contributed by atoms with Gasteiger partial charge >= 0.3 is 6.61 Å². The molecule has 0 bridgehead atoms. The lowest BCUT2D eigenvalue weighted by Crippen LogP contribution is -2.32. The average molecular weight is 377 g/mol. The molecule has 0 aromatic heterocycles. The van der Waals surface area contributed by atoms with E-state index in [1.807, 2.05) is 6.92 Å². The fourth-order valence-corrected chi connectivity index (χ4v) is 4.02. The summed E-state index contributed by atoms with van der Waals surface area (Å²) in [4.78, 5) is -0.0737. The van der Waals surface area contributed by atoms with Crippen LogP contribution >= 0.6 is 24.0 Å². The predicted octanol–water partition coefficient (Wildman–Crippen LogP) is 2.33. The quantitative estimate of drug-likeness (QED) is 0.874. The van der Waals surface area contributed by atoms with E-state index in [9.17, 15) is 17.2 Å². The molecule has 2 rings (SSSR count). The number of alkyl halides is 2. The molecule has 1 fully saturated rings. The molecule has 0 aliphatic carbocycles. The molecule has 10 heteroatoms. The molecule has 0 radical (unpaired) electrons. The second-order valence-electron chi connectivity index (χ2n) is 4.93. The molecule has 0 amide bonds. The highest BCUT2D eigenvalue weighted by Gasteiger charge is 2.35. The number of halogens is 4. The fourth-order valence-electron chi connectivity index (χ4n) is 2.13. The molecule has 1 saturated heterocycles. The number of rotatable bonds is 4. The third kappa shape index (κ3) is 3.99. The van der Waals surface area contributed by atoms with Crippen LogP contribution in [0.25, 0.3) is 0 Å². The standard InChI is InChI=1S/C12H15ClF2N2O3S.ClH/c1-7-5-17(6-10(7)16)21(18,19)8-2-3-11(9(13)4-8)20-12(14)15;/h2-4,7,10,12H,5-6,16H2,1H3;1H. The Morgan fingerprint density at radius 3 is 2.50 bits per heavy atom. The van der Waals surface area contributed by atoms with E-state index in [1.165, 1.54) is 10.4 Å². The van der Waals surface area contributed by atoms with E-state index >= 15 is 0 Å². The predicted molar refractivity (Wildman–Crippen MR) is 81.2 cm³/mol. The lowest BCUT2D eigenvalue weighted by atomic mass is 10.1. The van der Waals surface area contributed by atoms with Crippen LogP contribution in [-0.4, -0.2) is 38.5 Å². The Kier molecular flexibility index (Phi) is 6.40. The second-order valence-corrected chi connectivity index (χ2v) is 7.28. The van der Waals surface area contributed by atoms with Gasteiger partial charge in [0.25, 0.3) is 0 Å². The molecule has 1 aromatic carbocycles. The number of sulfonamides is 1. The molecule has 2 atom stereocenters. The number of nitrogens with zero attached hydrogens (tertiary/aromatic N) is 1. The minimum atomic E-state index is -3.75. The van der Waals surface area contributed by atoms with Crippen molar-refractivity contribution < 1.29 is 21.9 Å². The van der Waals surface area contributed by atoms with Gasteiger partial charge in [-0.15, -0.1) is 12.4 Å². The molecular weight excluding hydrogens is 361 g/mol. The third-order valence-corrected chi connectivity index (χ3v) is 5.52. The van der Waals surface area contributed by atoms with Crippen molar-refractivity contribution in [2.75, 3.05) is 13.1 Å². The van der Waals surface area contributed by atoms with Gasteiger partial charge in [-0.25, -0.2) is 8.42 Å². The third-order valence-electron chi connectivity index (χ3n) is 3.39. The summed E-state index contributed by atoms with van der Waals surface area (Å²) in [7, 11) is -3.75. The van der Waals surface area contributed by atoms with Gasteiger partial charge in [0.2, 0.25) is 10.0 Å². The van der Waals surface area contributed by atoms with E-state index in [1.54, 1.807) is 0 Å². The lowest BCUT2D eigenvalue weighted by Gasteiger charge is -2.17. The lowest BCUT2D eigenvalue weighted by molar-refractivity contribution is -0.0498. The summed E-state index contributed by atoms with van der Waals surface area (Å²) in [5, 5.41) is -0.187. The smallest absolute Gasteiger partial charge is 0.387 e. The Balaban J connectivity index is 0.00000242. The van der Waals surface area contributed by atoms with E-state index in [0.29, 0.717) is 6.54 Å². The zero-order valence-corrected chi connectivity index (χ0v) is 14.0. The first-order valence-electron chi connectivity index (χ1n) is 6.22. The van der Waals surface area contributed by atoms with Crippen LogP contribution in [0.3, 0.4) is 0 Å². The van der Waals surface area contributed by atoms with Crippen molar-refractivity contribution in [1.29, 1.82) is 0 Å². The normalized spacial score (nSPS) is 22.6. The minimum Gasteiger partial charge on any atom is -0.433 e. The van der Waals surface area contributed by atoms with Crippen LogP contribution in [0.1, 0.15) is 6.92 Å². The molecule has 22 heavy (non-hydrogen) atoms. The van der Waals surface area contributed by atoms with Crippen molar-refractivity contribution in [3.8, 4) is 5.75 Å². The van der Waals surface area contributed by atoms with E-state index < -0.39 is 16.6 Å². The first-order valence-corrected chi connectivity index (χ1v) is 8.03. The molecule has 5 nitrogen and oxygen atoms in total. The Labute approximate surface area is 138 Å². The highest BCUT2D eigenvalue weighted by molar-refractivity contribution is 7.89. The molecule has 1 aliphatic rings. The van der Waals surface area contributed by atoms with Crippen molar-refractivity contribution in [1.82, 2.24) is 4.31 Å². The average Bonchev–Trinajstić information content (AvgIpc) is 2.72. The van der Waals surface area contributed by atoms with Crippen molar-refractivity contribution in [3.63, 3.8) is 0 Å². The van der Waals surface area contributed by atoms with Crippen LogP contribution in [0.2, 0.25) is 5.02 Å². The van der Waals surface area contributed by atoms with Crippen molar-refractivity contribution in [3.05, 3.63) is 23.2 Å². The van der Waals surface area contributed by atoms with Gasteiger partial charge in [0.15, 0.2) is 0 Å². The summed E-state index contributed by atoms with van der Waals surface area (Å²) in [6.07, 6.45) is 0. The van der Waals surface area contributed by atoms with Crippen LogP contribution in [-0.2, 0) is 10.0 Å². The number of hydrogen-bond donors (Lipinski definition) is 1. The van der Waals surface area contributed by atoms with Gasteiger partial charge in [0.1, 0.15) is 5.75 Å². The number of ether oxygens (including phenoxy) is 1. The topological polar surface area (TPSA) is 72.6 Å². The number of hydrogen-bond acceptors (Lipinski definition) is 4. The zero-order chi connectivity index (χ0) is 15.8. The summed E-state index contributed by atoms with van der Waals surface area (Å²) in [6.45, 7) is -0.623. The largest absolute Gasteiger partial charge is 0.433 e. The summed E-state index contributed by atoms with van der Waals surface area (Å²) in [5.74, 6) is -0.214. The second kappa shape index (κ2) is 7.27. The SMILES string of the molecule is CC1CN(S(=O)(=O)c2ccc(OC(F)F)c(Cl)c2)CC1N.Cl. The molecule has 1 aromatic rings. The summed E-state index contributed by atoms with van der Waals surface area (Å²) >= 11 is 5.78. The molecule has 1 aliphatic heterocycles. The molecule has 126 valence electrons. The van der Waals surface area contributed by atoms with Gasteiger partial charge in [-0.3, -0.25) is 0 Å². The van der Waals surface area contributed by atoms with Crippen LogP contribution in [0.5, 0.6) is 5.75 Å². The van der Waals surface area contributed by atoms with Gasteiger partial charge in [0.05, 0.1) is 9.92 Å². The van der Waals surface area contributed by atoms with E-state index in [0.717, 1.165) is 12.1 Å².